The molecule has 0 unspecified atom stereocenters. The summed E-state index contributed by atoms with van der Waals surface area (Å²) in [7, 11) is 0. The number of aldehydes is 1. The number of carbonyl (C=O) groups excluding carboxylic acids is 2. The molecule has 1 aromatic rings. The van der Waals surface area contributed by atoms with Gasteiger partial charge in [0.1, 0.15) is 17.0 Å². The van der Waals surface area contributed by atoms with Crippen molar-refractivity contribution in [3.63, 3.8) is 0 Å². The van der Waals surface area contributed by atoms with Gasteiger partial charge in [0.2, 0.25) is 0 Å². The van der Waals surface area contributed by atoms with Gasteiger partial charge in [-0.2, -0.15) is 0 Å². The molecule has 19 heavy (non-hydrogen) atoms. The van der Waals surface area contributed by atoms with E-state index >= 15 is 0 Å². The molecule has 0 fully saturated rings. The molecule has 0 spiro atoms. The van der Waals surface area contributed by atoms with Gasteiger partial charge in [0.05, 0.1) is 6.04 Å². The third-order valence-electron chi connectivity index (χ3n) is 2.18. The van der Waals surface area contributed by atoms with Crippen LogP contribution >= 0.6 is 11.6 Å². The van der Waals surface area contributed by atoms with Crippen LogP contribution in [0, 0.1) is 0 Å². The van der Waals surface area contributed by atoms with Crippen molar-refractivity contribution in [1.82, 2.24) is 10.3 Å². The molecule has 1 atom stereocenters. The van der Waals surface area contributed by atoms with E-state index in [1.807, 2.05) is 0 Å². The number of rotatable bonds is 4. The predicted octanol–water partition coefficient (Wildman–Crippen LogP) is 2.89. The third-order valence-corrected chi connectivity index (χ3v) is 2.40. The summed E-state index contributed by atoms with van der Waals surface area (Å²) < 4.78 is 5.15. The Bertz CT molecular complexity index is 440. The lowest BCUT2D eigenvalue weighted by molar-refractivity contribution is -0.108. The van der Waals surface area contributed by atoms with E-state index in [1.165, 1.54) is 6.20 Å². The van der Waals surface area contributed by atoms with E-state index in [9.17, 15) is 9.59 Å². The van der Waals surface area contributed by atoms with Gasteiger partial charge in [-0.15, -0.1) is 0 Å². The normalized spacial score (nSPS) is 12.6. The number of hydrogen-bond donors (Lipinski definition) is 1. The second-order valence-electron chi connectivity index (χ2n) is 5.02. The van der Waals surface area contributed by atoms with Gasteiger partial charge in [-0.3, -0.25) is 0 Å². The number of carbonyl (C=O) groups is 2. The molecule has 0 saturated carbocycles. The van der Waals surface area contributed by atoms with Crippen molar-refractivity contribution in [3.8, 4) is 0 Å². The van der Waals surface area contributed by atoms with E-state index < -0.39 is 17.7 Å². The zero-order chi connectivity index (χ0) is 14.5. The number of aromatic nitrogens is 1. The van der Waals surface area contributed by atoms with Gasteiger partial charge in [0.25, 0.3) is 0 Å². The summed E-state index contributed by atoms with van der Waals surface area (Å²) in [6.45, 7) is 5.31. The maximum Gasteiger partial charge on any atom is 0.408 e. The molecule has 0 radical (unpaired) electrons. The molecular weight excluding hydrogens is 268 g/mol. The SMILES string of the molecule is CC(C)(C)OC(=O)N[C@@H](CC=O)c1ccc(Cl)nc1. The van der Waals surface area contributed by atoms with Crippen molar-refractivity contribution in [3.05, 3.63) is 29.0 Å². The highest BCUT2D eigenvalue weighted by molar-refractivity contribution is 6.29. The number of halogens is 1. The molecule has 0 aliphatic heterocycles. The molecule has 1 N–H and O–H groups in total. The molecule has 1 heterocycles. The van der Waals surface area contributed by atoms with Crippen LogP contribution in [0.4, 0.5) is 4.79 Å². The highest BCUT2D eigenvalue weighted by Gasteiger charge is 2.20. The summed E-state index contributed by atoms with van der Waals surface area (Å²) in [5.41, 5.74) is 0.107. The van der Waals surface area contributed by atoms with E-state index in [1.54, 1.807) is 32.9 Å². The van der Waals surface area contributed by atoms with Crippen LogP contribution in [0.15, 0.2) is 18.3 Å². The first-order chi connectivity index (χ1) is 8.81. The molecule has 104 valence electrons. The zero-order valence-electron chi connectivity index (χ0n) is 11.1. The second-order valence-corrected chi connectivity index (χ2v) is 5.40. The van der Waals surface area contributed by atoms with E-state index in [-0.39, 0.29) is 6.42 Å². The average molecular weight is 285 g/mol. The molecule has 0 aliphatic carbocycles. The number of nitrogens with one attached hydrogen (secondary N) is 1. The third kappa shape index (κ3) is 5.70. The predicted molar refractivity (Wildman–Crippen MR) is 72.0 cm³/mol. The van der Waals surface area contributed by atoms with Crippen LogP contribution in [0.3, 0.4) is 0 Å². The topological polar surface area (TPSA) is 68.3 Å². The van der Waals surface area contributed by atoms with Crippen LogP contribution in [-0.4, -0.2) is 23.0 Å². The minimum atomic E-state index is -0.589. The van der Waals surface area contributed by atoms with E-state index in [0.717, 1.165) is 6.29 Å². The van der Waals surface area contributed by atoms with Crippen LogP contribution in [0.1, 0.15) is 38.8 Å². The Hall–Kier alpha value is -1.62. The molecule has 0 aliphatic rings. The first kappa shape index (κ1) is 15.4. The van der Waals surface area contributed by atoms with Crippen LogP contribution in [0.25, 0.3) is 0 Å². The van der Waals surface area contributed by atoms with Gasteiger partial charge < -0.3 is 14.8 Å². The van der Waals surface area contributed by atoms with E-state index in [0.29, 0.717) is 10.7 Å². The Balaban J connectivity index is 2.75. The average Bonchev–Trinajstić information content (AvgIpc) is 2.27. The summed E-state index contributed by atoms with van der Waals surface area (Å²) in [6.07, 6.45) is 1.82. The number of pyridine rings is 1. The van der Waals surface area contributed by atoms with Gasteiger partial charge >= 0.3 is 6.09 Å². The molecule has 6 heteroatoms. The monoisotopic (exact) mass is 284 g/mol. The van der Waals surface area contributed by atoms with Gasteiger partial charge in [-0.1, -0.05) is 17.7 Å². The van der Waals surface area contributed by atoms with Gasteiger partial charge in [0, 0.05) is 12.6 Å². The molecule has 1 rings (SSSR count). The Morgan fingerprint density at radius 1 is 1.53 bits per heavy atom. The van der Waals surface area contributed by atoms with E-state index in [4.69, 9.17) is 16.3 Å². The van der Waals surface area contributed by atoms with Gasteiger partial charge in [-0.05, 0) is 32.4 Å². The summed E-state index contributed by atoms with van der Waals surface area (Å²) in [5.74, 6) is 0. The minimum absolute atomic E-state index is 0.141. The summed E-state index contributed by atoms with van der Waals surface area (Å²) in [4.78, 5) is 26.3. The van der Waals surface area contributed by atoms with Crippen molar-refractivity contribution < 1.29 is 14.3 Å². The largest absolute Gasteiger partial charge is 0.444 e. The molecule has 1 aromatic heterocycles. The fraction of sp³-hybridized carbons (Fsp3) is 0.462. The Morgan fingerprint density at radius 3 is 2.68 bits per heavy atom. The number of ether oxygens (including phenoxy) is 1. The summed E-state index contributed by atoms with van der Waals surface area (Å²) in [6, 6.07) is 2.84. The van der Waals surface area contributed by atoms with E-state index in [2.05, 4.69) is 10.3 Å². The highest BCUT2D eigenvalue weighted by Crippen LogP contribution is 2.17. The molecule has 0 bridgehead atoms. The number of alkyl carbamates (subject to hydrolysis) is 1. The van der Waals surface area contributed by atoms with Crippen LogP contribution in [-0.2, 0) is 9.53 Å². The Labute approximate surface area is 117 Å². The van der Waals surface area contributed by atoms with Crippen molar-refractivity contribution >= 4 is 24.0 Å². The fourth-order valence-electron chi connectivity index (χ4n) is 1.42. The van der Waals surface area contributed by atoms with Gasteiger partial charge in [0.15, 0.2) is 0 Å². The van der Waals surface area contributed by atoms with Crippen LogP contribution in [0.2, 0.25) is 5.15 Å². The number of amides is 1. The van der Waals surface area contributed by atoms with Crippen molar-refractivity contribution in [2.24, 2.45) is 0 Å². The fourth-order valence-corrected chi connectivity index (χ4v) is 1.53. The Kier molecular flexibility index (Phi) is 5.30. The Morgan fingerprint density at radius 2 is 2.21 bits per heavy atom. The maximum atomic E-state index is 11.7. The molecular formula is C13H17ClN2O3. The smallest absolute Gasteiger partial charge is 0.408 e. The highest BCUT2D eigenvalue weighted by atomic mass is 35.5. The minimum Gasteiger partial charge on any atom is -0.444 e. The van der Waals surface area contributed by atoms with Crippen molar-refractivity contribution in [2.75, 3.05) is 0 Å². The first-order valence-corrected chi connectivity index (χ1v) is 6.24. The van der Waals surface area contributed by atoms with Crippen molar-refractivity contribution in [1.29, 1.82) is 0 Å². The molecule has 0 saturated heterocycles. The van der Waals surface area contributed by atoms with Gasteiger partial charge in [-0.25, -0.2) is 9.78 Å². The van der Waals surface area contributed by atoms with Crippen molar-refractivity contribution in [2.45, 2.75) is 38.8 Å². The zero-order valence-corrected chi connectivity index (χ0v) is 11.9. The second kappa shape index (κ2) is 6.52. The number of nitrogens with zero attached hydrogens (tertiary/aromatic N) is 1. The quantitative estimate of drug-likeness (QED) is 0.682. The van der Waals surface area contributed by atoms with Crippen LogP contribution in [0.5, 0.6) is 0 Å². The van der Waals surface area contributed by atoms with Crippen LogP contribution < -0.4 is 5.32 Å². The lowest BCUT2D eigenvalue weighted by Crippen LogP contribution is -2.35. The first-order valence-electron chi connectivity index (χ1n) is 5.86. The maximum absolute atomic E-state index is 11.7. The summed E-state index contributed by atoms with van der Waals surface area (Å²) in [5, 5.41) is 2.99. The molecule has 1 amide bonds. The molecule has 5 nitrogen and oxygen atoms in total. The standard InChI is InChI=1S/C13H17ClN2O3/c1-13(2,3)19-12(18)16-10(6-7-17)9-4-5-11(14)15-8-9/h4-5,7-8,10H,6H2,1-3H3,(H,16,18)/t10-/m0/s1. The number of hydrogen-bond acceptors (Lipinski definition) is 4. The molecule has 0 aromatic carbocycles. The lowest BCUT2D eigenvalue weighted by Gasteiger charge is -2.22. The lowest BCUT2D eigenvalue weighted by atomic mass is 10.1. The summed E-state index contributed by atoms with van der Waals surface area (Å²) >= 11 is 5.69.